The molecule has 0 aliphatic carbocycles. The predicted molar refractivity (Wildman–Crippen MR) is 88.2 cm³/mol. The van der Waals surface area contributed by atoms with Crippen LogP contribution in [0.3, 0.4) is 0 Å². The summed E-state index contributed by atoms with van der Waals surface area (Å²) in [5.41, 5.74) is 2.73. The summed E-state index contributed by atoms with van der Waals surface area (Å²) in [5, 5.41) is 2.39. The van der Waals surface area contributed by atoms with Crippen LogP contribution in [0.1, 0.15) is 38.8 Å². The number of carbonyl (C=O) groups excluding carboxylic acids is 1. The molecular weight excluding hydrogens is 260 g/mol. The maximum atomic E-state index is 11.9. The number of esters is 1. The molecular formula is C19H22O2. The minimum absolute atomic E-state index is 0.302. The van der Waals surface area contributed by atoms with Crippen LogP contribution in [0.25, 0.3) is 16.3 Å². The summed E-state index contributed by atoms with van der Waals surface area (Å²) in [6.45, 7) is 9.62. The molecule has 0 aromatic heterocycles. The van der Waals surface area contributed by atoms with E-state index in [4.69, 9.17) is 4.74 Å². The number of rotatable bonds is 2. The Kier molecular flexibility index (Phi) is 4.17. The molecule has 0 aliphatic heterocycles. The van der Waals surface area contributed by atoms with E-state index in [1.54, 1.807) is 6.08 Å². The van der Waals surface area contributed by atoms with Gasteiger partial charge in [-0.3, -0.25) is 0 Å². The lowest BCUT2D eigenvalue weighted by atomic mass is 10.0. The Morgan fingerprint density at radius 2 is 1.67 bits per heavy atom. The van der Waals surface area contributed by atoms with Gasteiger partial charge in [-0.2, -0.15) is 0 Å². The Morgan fingerprint density at radius 1 is 1.05 bits per heavy atom. The molecule has 0 amide bonds. The predicted octanol–water partition coefficient (Wildman–Crippen LogP) is 4.89. The van der Waals surface area contributed by atoms with E-state index >= 15 is 0 Å². The maximum absolute atomic E-state index is 11.9. The van der Waals surface area contributed by atoms with Crippen LogP contribution in [0.5, 0.6) is 0 Å². The highest BCUT2D eigenvalue weighted by Crippen LogP contribution is 2.22. The van der Waals surface area contributed by atoms with Crippen LogP contribution in [0.4, 0.5) is 0 Å². The summed E-state index contributed by atoms with van der Waals surface area (Å²) in [6, 6.07) is 12.6. The van der Waals surface area contributed by atoms with Crippen molar-refractivity contribution in [2.45, 2.75) is 40.2 Å². The molecule has 110 valence electrons. The molecule has 2 rings (SSSR count). The molecule has 2 aromatic rings. The summed E-state index contributed by atoms with van der Waals surface area (Å²) < 4.78 is 5.32. The van der Waals surface area contributed by atoms with Gasteiger partial charge >= 0.3 is 5.97 Å². The number of hydrogen-bond acceptors (Lipinski definition) is 2. The van der Waals surface area contributed by atoms with E-state index in [0.717, 1.165) is 11.1 Å². The monoisotopic (exact) mass is 282 g/mol. The highest BCUT2D eigenvalue weighted by Gasteiger charge is 2.14. The van der Waals surface area contributed by atoms with E-state index in [9.17, 15) is 4.79 Å². The van der Waals surface area contributed by atoms with Gasteiger partial charge in [0.05, 0.1) is 0 Å². The number of allylic oxidation sites excluding steroid dienone is 1. The molecule has 21 heavy (non-hydrogen) atoms. The zero-order valence-corrected chi connectivity index (χ0v) is 13.4. The number of hydrogen-bond donors (Lipinski definition) is 0. The van der Waals surface area contributed by atoms with E-state index in [1.165, 1.54) is 16.3 Å². The van der Waals surface area contributed by atoms with Crippen LogP contribution in [0.15, 0.2) is 42.5 Å². The first-order valence-electron chi connectivity index (χ1n) is 7.17. The highest BCUT2D eigenvalue weighted by atomic mass is 16.6. The van der Waals surface area contributed by atoms with Crippen molar-refractivity contribution in [2.75, 3.05) is 0 Å². The van der Waals surface area contributed by atoms with Gasteiger partial charge < -0.3 is 4.74 Å². The summed E-state index contributed by atoms with van der Waals surface area (Å²) in [7, 11) is 0. The molecule has 0 fully saturated rings. The van der Waals surface area contributed by atoms with Gasteiger partial charge in [-0.25, -0.2) is 4.79 Å². The average molecular weight is 282 g/mol. The molecule has 0 aliphatic rings. The number of carbonyl (C=O) groups is 1. The van der Waals surface area contributed by atoms with Crippen molar-refractivity contribution >= 4 is 22.3 Å². The molecule has 2 aromatic carbocycles. The highest BCUT2D eigenvalue weighted by molar-refractivity contribution is 5.93. The second kappa shape index (κ2) is 5.72. The third-order valence-corrected chi connectivity index (χ3v) is 3.19. The second-order valence-electron chi connectivity index (χ2n) is 6.43. The number of fused-ring (bicyclic) bond motifs is 1. The van der Waals surface area contributed by atoms with Crippen molar-refractivity contribution in [1.29, 1.82) is 0 Å². The SMILES string of the molecule is C/C(=C\C(=O)OC(C)(C)C)c1ccc2cc(C)ccc2c1. The fraction of sp³-hybridized carbons (Fsp3) is 0.316. The zero-order valence-electron chi connectivity index (χ0n) is 13.4. The summed E-state index contributed by atoms with van der Waals surface area (Å²) >= 11 is 0. The molecule has 0 saturated heterocycles. The van der Waals surface area contributed by atoms with Crippen LogP contribution < -0.4 is 0 Å². The van der Waals surface area contributed by atoms with E-state index in [2.05, 4.69) is 37.3 Å². The Bertz CT molecular complexity index is 703. The Hall–Kier alpha value is -2.09. The van der Waals surface area contributed by atoms with Crippen molar-refractivity contribution in [3.8, 4) is 0 Å². The lowest BCUT2D eigenvalue weighted by Gasteiger charge is -2.18. The third-order valence-electron chi connectivity index (χ3n) is 3.19. The minimum Gasteiger partial charge on any atom is -0.457 e. The molecule has 0 atom stereocenters. The van der Waals surface area contributed by atoms with Gasteiger partial charge in [0.1, 0.15) is 5.60 Å². The van der Waals surface area contributed by atoms with Crippen LogP contribution >= 0.6 is 0 Å². The van der Waals surface area contributed by atoms with Crippen molar-refractivity contribution in [2.24, 2.45) is 0 Å². The summed E-state index contributed by atoms with van der Waals surface area (Å²) in [4.78, 5) is 11.9. The molecule has 0 radical (unpaired) electrons. The summed E-state index contributed by atoms with van der Waals surface area (Å²) in [5.74, 6) is -0.302. The van der Waals surface area contributed by atoms with E-state index in [1.807, 2.05) is 33.8 Å². The van der Waals surface area contributed by atoms with Gasteiger partial charge in [0.2, 0.25) is 0 Å². The van der Waals surface area contributed by atoms with Crippen LogP contribution in [0, 0.1) is 6.92 Å². The van der Waals surface area contributed by atoms with Crippen molar-refractivity contribution in [3.63, 3.8) is 0 Å². The minimum atomic E-state index is -0.464. The summed E-state index contributed by atoms with van der Waals surface area (Å²) in [6.07, 6.45) is 1.56. The van der Waals surface area contributed by atoms with Crippen molar-refractivity contribution < 1.29 is 9.53 Å². The van der Waals surface area contributed by atoms with Gasteiger partial charge in [0.25, 0.3) is 0 Å². The zero-order chi connectivity index (χ0) is 15.6. The molecule has 0 heterocycles. The van der Waals surface area contributed by atoms with Gasteiger partial charge in [-0.1, -0.05) is 35.9 Å². The second-order valence-corrected chi connectivity index (χ2v) is 6.43. The molecule has 0 unspecified atom stereocenters. The van der Waals surface area contributed by atoms with Crippen LogP contribution in [-0.4, -0.2) is 11.6 Å². The normalized spacial score (nSPS) is 12.5. The quantitative estimate of drug-likeness (QED) is 0.579. The van der Waals surface area contributed by atoms with Crippen molar-refractivity contribution in [1.82, 2.24) is 0 Å². The average Bonchev–Trinajstić information content (AvgIpc) is 2.35. The van der Waals surface area contributed by atoms with E-state index in [-0.39, 0.29) is 5.97 Å². The Labute approximate surface area is 126 Å². The van der Waals surface area contributed by atoms with Crippen molar-refractivity contribution in [3.05, 3.63) is 53.6 Å². The van der Waals surface area contributed by atoms with Crippen LogP contribution in [-0.2, 0) is 9.53 Å². The lowest BCUT2D eigenvalue weighted by Crippen LogP contribution is -2.22. The fourth-order valence-corrected chi connectivity index (χ4v) is 2.20. The van der Waals surface area contributed by atoms with Gasteiger partial charge in [0, 0.05) is 6.08 Å². The lowest BCUT2D eigenvalue weighted by molar-refractivity contribution is -0.148. The van der Waals surface area contributed by atoms with Crippen LogP contribution in [0.2, 0.25) is 0 Å². The third kappa shape index (κ3) is 4.19. The molecule has 2 nitrogen and oxygen atoms in total. The first-order chi connectivity index (χ1) is 9.74. The molecule has 2 heteroatoms. The van der Waals surface area contributed by atoms with Gasteiger partial charge in [0.15, 0.2) is 0 Å². The van der Waals surface area contributed by atoms with E-state index in [0.29, 0.717) is 0 Å². The van der Waals surface area contributed by atoms with Gasteiger partial charge in [-0.05, 0) is 62.6 Å². The van der Waals surface area contributed by atoms with E-state index < -0.39 is 5.60 Å². The smallest absolute Gasteiger partial charge is 0.331 e. The number of benzene rings is 2. The first kappa shape index (κ1) is 15.3. The van der Waals surface area contributed by atoms with Gasteiger partial charge in [-0.15, -0.1) is 0 Å². The Balaban J connectivity index is 2.29. The maximum Gasteiger partial charge on any atom is 0.331 e. The molecule has 0 spiro atoms. The topological polar surface area (TPSA) is 26.3 Å². The largest absolute Gasteiger partial charge is 0.457 e. The number of ether oxygens (including phenoxy) is 1. The Morgan fingerprint density at radius 3 is 2.33 bits per heavy atom. The number of aryl methyl sites for hydroxylation is 1. The fourth-order valence-electron chi connectivity index (χ4n) is 2.20. The first-order valence-corrected chi connectivity index (χ1v) is 7.17. The molecule has 0 bridgehead atoms. The molecule has 0 saturated carbocycles. The molecule has 0 N–H and O–H groups in total. The standard InChI is InChI=1S/C19H22O2/c1-13-6-7-17-12-15(8-9-16(17)10-13)14(2)11-18(20)21-19(3,4)5/h6-12H,1-5H3/b14-11+.